The van der Waals surface area contributed by atoms with Gasteiger partial charge in [-0.1, -0.05) is 17.7 Å². The number of benzene rings is 1. The zero-order chi connectivity index (χ0) is 15.9. The van der Waals surface area contributed by atoms with Gasteiger partial charge in [-0.15, -0.1) is 0 Å². The monoisotopic (exact) mass is 324 g/mol. The van der Waals surface area contributed by atoms with Crippen molar-refractivity contribution in [2.45, 2.75) is 37.2 Å². The third-order valence-corrected chi connectivity index (χ3v) is 6.17. The molecule has 3 rings (SSSR count). The molecule has 0 heterocycles. The first-order valence-electron chi connectivity index (χ1n) is 7.48. The van der Waals surface area contributed by atoms with Crippen LogP contribution in [0.4, 0.5) is 0 Å². The maximum absolute atomic E-state index is 12.4. The predicted octanol–water partition coefficient (Wildman–Crippen LogP) is 2.29. The maximum atomic E-state index is 12.4. The first kappa shape index (κ1) is 15.5. The molecular formula is C16H20O5S. The molecule has 0 spiro atoms. The van der Waals surface area contributed by atoms with Crippen LogP contribution in [-0.2, 0) is 23.8 Å². The molecule has 0 saturated heterocycles. The van der Waals surface area contributed by atoms with Crippen LogP contribution in [0.2, 0.25) is 0 Å². The summed E-state index contributed by atoms with van der Waals surface area (Å²) in [5, 5.41) is 0. The number of aryl methyl sites for hydroxylation is 1. The number of fused-ring (bicyclic) bond motifs is 2. The van der Waals surface area contributed by atoms with Gasteiger partial charge in [-0.25, -0.2) is 0 Å². The van der Waals surface area contributed by atoms with Crippen LogP contribution in [0.5, 0.6) is 0 Å². The van der Waals surface area contributed by atoms with Crippen molar-refractivity contribution in [2.24, 2.45) is 17.8 Å². The van der Waals surface area contributed by atoms with Crippen LogP contribution < -0.4 is 0 Å². The molecule has 2 fully saturated rings. The molecule has 4 unspecified atom stereocenters. The summed E-state index contributed by atoms with van der Waals surface area (Å²) in [4.78, 5) is 12.0. The van der Waals surface area contributed by atoms with Crippen molar-refractivity contribution in [2.75, 3.05) is 7.11 Å². The van der Waals surface area contributed by atoms with Gasteiger partial charge in [0.1, 0.15) is 0 Å². The van der Waals surface area contributed by atoms with Crippen molar-refractivity contribution in [1.29, 1.82) is 0 Å². The van der Waals surface area contributed by atoms with Crippen molar-refractivity contribution in [3.8, 4) is 0 Å². The number of hydrogen-bond acceptors (Lipinski definition) is 5. The fourth-order valence-electron chi connectivity index (χ4n) is 3.74. The van der Waals surface area contributed by atoms with Crippen molar-refractivity contribution in [3.05, 3.63) is 29.8 Å². The van der Waals surface area contributed by atoms with Crippen LogP contribution in [-0.4, -0.2) is 27.6 Å². The minimum Gasteiger partial charge on any atom is -0.469 e. The van der Waals surface area contributed by atoms with Crippen LogP contribution in [0.1, 0.15) is 24.8 Å². The van der Waals surface area contributed by atoms with Crippen molar-refractivity contribution < 1.29 is 22.1 Å². The predicted molar refractivity (Wildman–Crippen MR) is 79.6 cm³/mol. The van der Waals surface area contributed by atoms with E-state index in [4.69, 9.17) is 8.92 Å². The van der Waals surface area contributed by atoms with Gasteiger partial charge in [0, 0.05) is 5.92 Å². The minimum atomic E-state index is -3.79. The van der Waals surface area contributed by atoms with Crippen LogP contribution in [0, 0.1) is 24.7 Å². The summed E-state index contributed by atoms with van der Waals surface area (Å²) in [6.07, 6.45) is 1.90. The summed E-state index contributed by atoms with van der Waals surface area (Å²) >= 11 is 0. The van der Waals surface area contributed by atoms with Gasteiger partial charge in [-0.05, 0) is 44.2 Å². The Bertz CT molecular complexity index is 664. The lowest BCUT2D eigenvalue weighted by Gasteiger charge is -2.27. The number of hydrogen-bond donors (Lipinski definition) is 0. The topological polar surface area (TPSA) is 69.7 Å². The molecule has 2 aliphatic carbocycles. The van der Waals surface area contributed by atoms with E-state index in [1.54, 1.807) is 24.3 Å². The van der Waals surface area contributed by atoms with E-state index in [1.165, 1.54) is 7.11 Å². The molecule has 0 aromatic heterocycles. The standard InChI is InChI=1S/C16H20O5S/c1-10-3-5-12(6-4-10)22(18,19)21-15-9-11-7-13(15)14(8-11)16(17)20-2/h3-6,11,13-15H,7-9H2,1-2H3. The van der Waals surface area contributed by atoms with E-state index in [0.717, 1.165) is 18.4 Å². The van der Waals surface area contributed by atoms with Crippen LogP contribution >= 0.6 is 0 Å². The molecule has 0 amide bonds. The highest BCUT2D eigenvalue weighted by Gasteiger charge is 2.51. The van der Waals surface area contributed by atoms with Gasteiger partial charge in [-0.3, -0.25) is 8.98 Å². The second kappa shape index (κ2) is 5.66. The molecule has 2 saturated carbocycles. The minimum absolute atomic E-state index is 0.0577. The summed E-state index contributed by atoms with van der Waals surface area (Å²) in [6, 6.07) is 6.59. The summed E-state index contributed by atoms with van der Waals surface area (Å²) in [5.41, 5.74) is 0.990. The third-order valence-electron chi connectivity index (χ3n) is 4.82. The van der Waals surface area contributed by atoms with E-state index < -0.39 is 16.2 Å². The van der Waals surface area contributed by atoms with E-state index in [1.807, 2.05) is 6.92 Å². The fraction of sp³-hybridized carbons (Fsp3) is 0.562. The molecule has 4 atom stereocenters. The highest BCUT2D eigenvalue weighted by Crippen LogP contribution is 2.50. The first-order chi connectivity index (χ1) is 10.4. The normalized spacial score (nSPS) is 30.5. The molecule has 1 aromatic carbocycles. The fourth-order valence-corrected chi connectivity index (χ4v) is 4.87. The van der Waals surface area contributed by atoms with Crippen LogP contribution in [0.15, 0.2) is 29.2 Å². The number of esters is 1. The Morgan fingerprint density at radius 2 is 1.82 bits per heavy atom. The van der Waals surface area contributed by atoms with E-state index in [0.29, 0.717) is 12.3 Å². The molecular weight excluding hydrogens is 304 g/mol. The van der Waals surface area contributed by atoms with E-state index in [2.05, 4.69) is 0 Å². The molecule has 0 N–H and O–H groups in total. The van der Waals surface area contributed by atoms with Gasteiger partial charge < -0.3 is 4.74 Å². The lowest BCUT2D eigenvalue weighted by atomic mass is 9.87. The zero-order valence-electron chi connectivity index (χ0n) is 12.7. The Balaban J connectivity index is 1.76. The summed E-state index contributed by atoms with van der Waals surface area (Å²) in [6.45, 7) is 1.90. The lowest BCUT2D eigenvalue weighted by molar-refractivity contribution is -0.148. The Labute approximate surface area is 130 Å². The van der Waals surface area contributed by atoms with Crippen LogP contribution in [0.25, 0.3) is 0 Å². The second-order valence-electron chi connectivity index (χ2n) is 6.27. The summed E-state index contributed by atoms with van der Waals surface area (Å²) in [5.74, 6) is -0.194. The number of methoxy groups -OCH3 is 1. The molecule has 1 aromatic rings. The van der Waals surface area contributed by atoms with Gasteiger partial charge in [0.15, 0.2) is 0 Å². The lowest BCUT2D eigenvalue weighted by Crippen LogP contribution is -2.34. The highest BCUT2D eigenvalue weighted by atomic mass is 32.2. The van der Waals surface area contributed by atoms with Gasteiger partial charge in [0.25, 0.3) is 10.1 Å². The average molecular weight is 324 g/mol. The Kier molecular flexibility index (Phi) is 3.99. The molecule has 0 radical (unpaired) electrons. The number of carbonyl (C=O) groups excluding carboxylic acids is 1. The molecule has 2 bridgehead atoms. The zero-order valence-corrected chi connectivity index (χ0v) is 13.5. The van der Waals surface area contributed by atoms with Gasteiger partial charge in [0.2, 0.25) is 0 Å². The molecule has 22 heavy (non-hydrogen) atoms. The number of carbonyl (C=O) groups is 1. The number of rotatable bonds is 4. The Morgan fingerprint density at radius 1 is 1.14 bits per heavy atom. The highest BCUT2D eigenvalue weighted by molar-refractivity contribution is 7.86. The van der Waals surface area contributed by atoms with Crippen molar-refractivity contribution in [1.82, 2.24) is 0 Å². The summed E-state index contributed by atoms with van der Waals surface area (Å²) < 4.78 is 35.0. The molecule has 0 aliphatic heterocycles. The second-order valence-corrected chi connectivity index (χ2v) is 7.84. The SMILES string of the molecule is COC(=O)C1CC2CC(OS(=O)(=O)c3ccc(C)cc3)C1C2. The van der Waals surface area contributed by atoms with Gasteiger partial charge in [0.05, 0.1) is 24.0 Å². The quantitative estimate of drug-likeness (QED) is 0.628. The Hall–Kier alpha value is -1.40. The maximum Gasteiger partial charge on any atom is 0.309 e. The molecule has 6 heteroatoms. The molecule has 120 valence electrons. The van der Waals surface area contributed by atoms with Crippen molar-refractivity contribution in [3.63, 3.8) is 0 Å². The van der Waals surface area contributed by atoms with Crippen LogP contribution in [0.3, 0.4) is 0 Å². The van der Waals surface area contributed by atoms with E-state index in [-0.39, 0.29) is 22.7 Å². The largest absolute Gasteiger partial charge is 0.469 e. The summed E-state index contributed by atoms with van der Waals surface area (Å²) in [7, 11) is -2.42. The van der Waals surface area contributed by atoms with Gasteiger partial charge >= 0.3 is 5.97 Å². The first-order valence-corrected chi connectivity index (χ1v) is 8.89. The number of ether oxygens (including phenoxy) is 1. The molecule has 5 nitrogen and oxygen atoms in total. The Morgan fingerprint density at radius 3 is 2.41 bits per heavy atom. The smallest absolute Gasteiger partial charge is 0.309 e. The van der Waals surface area contributed by atoms with E-state index in [9.17, 15) is 13.2 Å². The van der Waals surface area contributed by atoms with Crippen molar-refractivity contribution >= 4 is 16.1 Å². The molecule has 2 aliphatic rings. The van der Waals surface area contributed by atoms with Gasteiger partial charge in [-0.2, -0.15) is 8.42 Å². The van der Waals surface area contributed by atoms with E-state index >= 15 is 0 Å². The third kappa shape index (κ3) is 2.77. The average Bonchev–Trinajstić information content (AvgIpc) is 3.06.